The Balaban J connectivity index is 1.64. The average molecular weight is 464 g/mol. The number of allylic oxidation sites excluding steroid dienone is 1. The molecule has 0 spiro atoms. The Morgan fingerprint density at radius 1 is 1.26 bits per heavy atom. The van der Waals surface area contributed by atoms with Crippen LogP contribution in [0.2, 0.25) is 0 Å². The fourth-order valence-corrected chi connectivity index (χ4v) is 3.88. The minimum atomic E-state index is -0.564. The van der Waals surface area contributed by atoms with E-state index in [0.29, 0.717) is 28.7 Å². The molecule has 0 bridgehead atoms. The SMILES string of the molecule is CCCc1[nH]nc2c1C(c1ccc(OCc3ccc(C(=O)OC)o3)c(OC)c1)C(C#N)=C(N)O2. The maximum atomic E-state index is 11.6. The summed E-state index contributed by atoms with van der Waals surface area (Å²) in [4.78, 5) is 11.6. The molecule has 0 aliphatic carbocycles. The van der Waals surface area contributed by atoms with Crippen LogP contribution in [0.1, 0.15) is 52.4 Å². The van der Waals surface area contributed by atoms with Crippen molar-refractivity contribution in [2.45, 2.75) is 32.3 Å². The molecular weight excluding hydrogens is 440 g/mol. The van der Waals surface area contributed by atoms with Crippen LogP contribution in [-0.4, -0.2) is 30.4 Å². The number of H-pyrrole nitrogens is 1. The van der Waals surface area contributed by atoms with E-state index in [0.717, 1.165) is 29.7 Å². The lowest BCUT2D eigenvalue weighted by molar-refractivity contribution is 0.0561. The molecule has 10 heteroatoms. The van der Waals surface area contributed by atoms with Crippen LogP contribution in [0.5, 0.6) is 17.4 Å². The molecule has 3 N–H and O–H groups in total. The Morgan fingerprint density at radius 3 is 2.79 bits per heavy atom. The first-order chi connectivity index (χ1) is 16.5. The number of furan rings is 1. The van der Waals surface area contributed by atoms with Gasteiger partial charge in [0.1, 0.15) is 24.0 Å². The summed E-state index contributed by atoms with van der Waals surface area (Å²) in [6.07, 6.45) is 1.64. The summed E-state index contributed by atoms with van der Waals surface area (Å²) in [6.45, 7) is 2.14. The van der Waals surface area contributed by atoms with Crippen LogP contribution in [0, 0.1) is 11.3 Å². The van der Waals surface area contributed by atoms with Crippen molar-refractivity contribution in [1.82, 2.24) is 10.2 Å². The zero-order chi connectivity index (χ0) is 24.2. The second-order valence-corrected chi connectivity index (χ2v) is 7.55. The summed E-state index contributed by atoms with van der Waals surface area (Å²) < 4.78 is 27.1. The molecule has 0 saturated carbocycles. The van der Waals surface area contributed by atoms with Crippen molar-refractivity contribution in [2.75, 3.05) is 14.2 Å². The highest BCUT2D eigenvalue weighted by molar-refractivity contribution is 5.86. The van der Waals surface area contributed by atoms with E-state index in [2.05, 4.69) is 27.9 Å². The standard InChI is InChI=1S/C24H24N4O6/c1-4-5-16-21-20(15(11-25)22(26)34-23(21)28-27-16)13-6-8-17(19(10-13)30-2)32-12-14-7-9-18(33-14)24(29)31-3/h6-10,20H,4-5,12,26H2,1-3H3,(H,27,28). The van der Waals surface area contributed by atoms with Crippen molar-refractivity contribution in [3.8, 4) is 23.4 Å². The molecule has 0 saturated heterocycles. The van der Waals surface area contributed by atoms with Gasteiger partial charge in [-0.25, -0.2) is 4.79 Å². The van der Waals surface area contributed by atoms with E-state index in [1.54, 1.807) is 18.2 Å². The molecule has 0 radical (unpaired) electrons. The molecule has 1 aliphatic heterocycles. The zero-order valence-electron chi connectivity index (χ0n) is 19.0. The number of carbonyl (C=O) groups is 1. The number of esters is 1. The third-order valence-electron chi connectivity index (χ3n) is 5.46. The third-order valence-corrected chi connectivity index (χ3v) is 5.46. The quantitative estimate of drug-likeness (QED) is 0.478. The molecule has 34 heavy (non-hydrogen) atoms. The molecule has 0 amide bonds. The predicted octanol–water partition coefficient (Wildman–Crippen LogP) is 3.55. The van der Waals surface area contributed by atoms with Crippen molar-refractivity contribution in [3.05, 3.63) is 70.1 Å². The summed E-state index contributed by atoms with van der Waals surface area (Å²) in [5.41, 5.74) is 8.79. The Hall–Kier alpha value is -4.39. The number of rotatable bonds is 8. The van der Waals surface area contributed by atoms with E-state index in [9.17, 15) is 10.1 Å². The van der Waals surface area contributed by atoms with Crippen molar-refractivity contribution in [3.63, 3.8) is 0 Å². The number of nitrogens with two attached hydrogens (primary N) is 1. The highest BCUT2D eigenvalue weighted by Crippen LogP contribution is 2.45. The number of nitriles is 1. The Bertz CT molecular complexity index is 1280. The smallest absolute Gasteiger partial charge is 0.373 e. The highest BCUT2D eigenvalue weighted by Gasteiger charge is 2.35. The van der Waals surface area contributed by atoms with Crippen molar-refractivity contribution in [1.29, 1.82) is 5.26 Å². The summed E-state index contributed by atoms with van der Waals surface area (Å²) in [5, 5.41) is 17.1. The molecular formula is C24H24N4O6. The zero-order valence-corrected chi connectivity index (χ0v) is 19.0. The van der Waals surface area contributed by atoms with Gasteiger partial charge in [0.05, 0.1) is 20.1 Å². The Labute approximate surface area is 195 Å². The fourth-order valence-electron chi connectivity index (χ4n) is 3.88. The van der Waals surface area contributed by atoms with Crippen molar-refractivity contribution >= 4 is 5.97 Å². The maximum absolute atomic E-state index is 11.6. The Kier molecular flexibility index (Phi) is 6.45. The van der Waals surface area contributed by atoms with Gasteiger partial charge in [-0.3, -0.25) is 5.10 Å². The number of aromatic nitrogens is 2. The molecule has 2 aromatic heterocycles. The average Bonchev–Trinajstić information content (AvgIpc) is 3.49. The summed E-state index contributed by atoms with van der Waals surface area (Å²) in [6, 6.07) is 10.7. The van der Waals surface area contributed by atoms with Gasteiger partial charge in [0.2, 0.25) is 17.5 Å². The summed E-state index contributed by atoms with van der Waals surface area (Å²) in [7, 11) is 2.81. The number of hydrogen-bond donors (Lipinski definition) is 2. The van der Waals surface area contributed by atoms with E-state index in [1.807, 2.05) is 6.07 Å². The number of fused-ring (bicyclic) bond motifs is 1. The second kappa shape index (κ2) is 9.62. The number of aryl methyl sites for hydroxylation is 1. The number of ether oxygens (including phenoxy) is 4. The number of carbonyl (C=O) groups excluding carboxylic acids is 1. The predicted molar refractivity (Wildman–Crippen MR) is 119 cm³/mol. The lowest BCUT2D eigenvalue weighted by Gasteiger charge is -2.24. The second-order valence-electron chi connectivity index (χ2n) is 7.55. The van der Waals surface area contributed by atoms with E-state index >= 15 is 0 Å². The van der Waals surface area contributed by atoms with E-state index in [1.165, 1.54) is 20.3 Å². The topological polar surface area (TPSA) is 146 Å². The molecule has 10 nitrogen and oxygen atoms in total. The molecule has 1 aliphatic rings. The van der Waals surface area contributed by atoms with Crippen LogP contribution in [-0.2, 0) is 17.8 Å². The number of aromatic amines is 1. The molecule has 3 aromatic rings. The van der Waals surface area contributed by atoms with Gasteiger partial charge in [-0.15, -0.1) is 5.10 Å². The van der Waals surface area contributed by atoms with Gasteiger partial charge in [-0.1, -0.05) is 19.4 Å². The van der Waals surface area contributed by atoms with Crippen LogP contribution in [0.25, 0.3) is 0 Å². The molecule has 3 heterocycles. The van der Waals surface area contributed by atoms with Crippen LogP contribution in [0.15, 0.2) is 46.2 Å². The minimum absolute atomic E-state index is 0.0214. The largest absolute Gasteiger partial charge is 0.493 e. The van der Waals surface area contributed by atoms with Gasteiger partial charge in [0.15, 0.2) is 11.5 Å². The van der Waals surface area contributed by atoms with Gasteiger partial charge in [0.25, 0.3) is 0 Å². The summed E-state index contributed by atoms with van der Waals surface area (Å²) >= 11 is 0. The van der Waals surface area contributed by atoms with E-state index < -0.39 is 11.9 Å². The minimum Gasteiger partial charge on any atom is -0.493 e. The number of nitrogens with one attached hydrogen (secondary N) is 1. The number of nitrogens with zero attached hydrogens (tertiary/aromatic N) is 2. The van der Waals surface area contributed by atoms with Crippen LogP contribution in [0.3, 0.4) is 0 Å². The molecule has 4 rings (SSSR count). The number of hydrogen-bond acceptors (Lipinski definition) is 9. The monoisotopic (exact) mass is 464 g/mol. The summed E-state index contributed by atoms with van der Waals surface area (Å²) in [5.74, 6) is 0.820. The molecule has 0 fully saturated rings. The van der Waals surface area contributed by atoms with Gasteiger partial charge >= 0.3 is 5.97 Å². The van der Waals surface area contributed by atoms with Crippen LogP contribution in [0.4, 0.5) is 0 Å². The first kappa shape index (κ1) is 22.8. The van der Waals surface area contributed by atoms with E-state index in [4.69, 9.17) is 24.4 Å². The Morgan fingerprint density at radius 2 is 2.09 bits per heavy atom. The lowest BCUT2D eigenvalue weighted by atomic mass is 9.83. The van der Waals surface area contributed by atoms with Gasteiger partial charge in [0, 0.05) is 11.3 Å². The van der Waals surface area contributed by atoms with E-state index in [-0.39, 0.29) is 18.3 Å². The van der Waals surface area contributed by atoms with Crippen molar-refractivity contribution in [2.24, 2.45) is 5.73 Å². The van der Waals surface area contributed by atoms with Gasteiger partial charge in [-0.05, 0) is 36.2 Å². The van der Waals surface area contributed by atoms with Gasteiger partial charge < -0.3 is 29.1 Å². The maximum Gasteiger partial charge on any atom is 0.373 e. The molecule has 1 atom stereocenters. The van der Waals surface area contributed by atoms with Gasteiger partial charge in [-0.2, -0.15) is 5.26 Å². The fraction of sp³-hybridized carbons (Fsp3) is 0.292. The van der Waals surface area contributed by atoms with Crippen LogP contribution < -0.4 is 19.9 Å². The molecule has 176 valence electrons. The first-order valence-corrected chi connectivity index (χ1v) is 10.6. The number of benzene rings is 1. The number of methoxy groups -OCH3 is 2. The highest BCUT2D eigenvalue weighted by atomic mass is 16.5. The molecule has 1 aromatic carbocycles. The van der Waals surface area contributed by atoms with Crippen molar-refractivity contribution < 1.29 is 28.2 Å². The third kappa shape index (κ3) is 4.15. The first-order valence-electron chi connectivity index (χ1n) is 10.6. The normalized spacial score (nSPS) is 14.7. The van der Waals surface area contributed by atoms with Crippen LogP contribution >= 0.6 is 0 Å². The molecule has 1 unspecified atom stereocenters. The lowest BCUT2D eigenvalue weighted by Crippen LogP contribution is -2.21.